The fourth-order valence-electron chi connectivity index (χ4n) is 1.07. The number of phenols is 1. The standard InChI is InChI=1S/C9H12ClNO3/c1-13-8-4-7(10)3-6(9(8)12)5-11-14-2/h3-4,11-12H,5H2,1-2H3. The van der Waals surface area contributed by atoms with E-state index in [1.165, 1.54) is 14.2 Å². The summed E-state index contributed by atoms with van der Waals surface area (Å²) < 4.78 is 4.94. The first-order valence-electron chi connectivity index (χ1n) is 4.00. The van der Waals surface area contributed by atoms with Crippen LogP contribution in [0.15, 0.2) is 12.1 Å². The summed E-state index contributed by atoms with van der Waals surface area (Å²) in [6.07, 6.45) is 0. The van der Waals surface area contributed by atoms with Gasteiger partial charge in [-0.15, -0.1) is 0 Å². The van der Waals surface area contributed by atoms with Gasteiger partial charge in [0.2, 0.25) is 0 Å². The van der Waals surface area contributed by atoms with Crippen LogP contribution < -0.4 is 10.2 Å². The normalized spacial score (nSPS) is 10.2. The number of rotatable bonds is 4. The number of aromatic hydroxyl groups is 1. The molecule has 1 aromatic rings. The molecule has 0 heterocycles. The number of hydrogen-bond donors (Lipinski definition) is 2. The van der Waals surface area contributed by atoms with Crippen LogP contribution in [-0.4, -0.2) is 19.3 Å². The molecule has 2 N–H and O–H groups in total. The van der Waals surface area contributed by atoms with E-state index in [0.717, 1.165) is 0 Å². The molecule has 0 amide bonds. The molecule has 0 aliphatic carbocycles. The Balaban J connectivity index is 2.96. The summed E-state index contributed by atoms with van der Waals surface area (Å²) in [5, 5.41) is 10.2. The van der Waals surface area contributed by atoms with Crippen molar-refractivity contribution in [2.75, 3.05) is 14.2 Å². The van der Waals surface area contributed by atoms with Crippen LogP contribution in [0.5, 0.6) is 11.5 Å². The number of benzene rings is 1. The summed E-state index contributed by atoms with van der Waals surface area (Å²) in [6.45, 7) is 0.360. The Morgan fingerprint density at radius 1 is 1.43 bits per heavy atom. The maximum atomic E-state index is 9.66. The molecule has 0 bridgehead atoms. The van der Waals surface area contributed by atoms with E-state index in [2.05, 4.69) is 10.3 Å². The van der Waals surface area contributed by atoms with Crippen LogP contribution in [0.4, 0.5) is 0 Å². The van der Waals surface area contributed by atoms with Crippen molar-refractivity contribution in [1.29, 1.82) is 0 Å². The van der Waals surface area contributed by atoms with Crippen molar-refractivity contribution in [2.24, 2.45) is 0 Å². The number of hydrogen-bond acceptors (Lipinski definition) is 4. The minimum absolute atomic E-state index is 0.0708. The van der Waals surface area contributed by atoms with Crippen molar-refractivity contribution in [3.8, 4) is 11.5 Å². The molecule has 0 atom stereocenters. The molecule has 0 fully saturated rings. The summed E-state index contributed by atoms with van der Waals surface area (Å²) in [5.41, 5.74) is 3.23. The van der Waals surface area contributed by atoms with E-state index >= 15 is 0 Å². The molecule has 0 spiro atoms. The van der Waals surface area contributed by atoms with Gasteiger partial charge in [-0.25, -0.2) is 0 Å². The lowest BCUT2D eigenvalue weighted by Gasteiger charge is -2.09. The number of nitrogens with one attached hydrogen (secondary N) is 1. The fraction of sp³-hybridized carbons (Fsp3) is 0.333. The summed E-state index contributed by atoms with van der Waals surface area (Å²) in [6, 6.07) is 3.19. The number of halogens is 1. The average molecular weight is 218 g/mol. The topological polar surface area (TPSA) is 50.7 Å². The lowest BCUT2D eigenvalue weighted by molar-refractivity contribution is 0.0860. The molecule has 0 saturated carbocycles. The van der Waals surface area contributed by atoms with Gasteiger partial charge in [0, 0.05) is 23.2 Å². The second-order valence-corrected chi connectivity index (χ2v) is 3.08. The largest absolute Gasteiger partial charge is 0.504 e. The molecule has 0 radical (unpaired) electrons. The number of ether oxygens (including phenoxy) is 1. The lowest BCUT2D eigenvalue weighted by Crippen LogP contribution is -2.11. The number of phenolic OH excluding ortho intramolecular Hbond substituents is 1. The predicted octanol–water partition coefficient (Wildman–Crippen LogP) is 1.71. The summed E-state index contributed by atoms with van der Waals surface area (Å²) in [5.74, 6) is 0.423. The summed E-state index contributed by atoms with van der Waals surface area (Å²) >= 11 is 5.82. The van der Waals surface area contributed by atoms with E-state index < -0.39 is 0 Å². The molecule has 0 aliphatic heterocycles. The van der Waals surface area contributed by atoms with Crippen molar-refractivity contribution in [3.05, 3.63) is 22.7 Å². The minimum atomic E-state index is 0.0708. The smallest absolute Gasteiger partial charge is 0.162 e. The molecule has 1 rings (SSSR count). The second kappa shape index (κ2) is 5.05. The van der Waals surface area contributed by atoms with Crippen molar-refractivity contribution >= 4 is 11.6 Å². The highest BCUT2D eigenvalue weighted by Gasteiger charge is 2.09. The SMILES string of the molecule is CONCc1cc(Cl)cc(OC)c1O. The van der Waals surface area contributed by atoms with E-state index in [1.807, 2.05) is 0 Å². The zero-order valence-electron chi connectivity index (χ0n) is 8.00. The molecule has 78 valence electrons. The zero-order chi connectivity index (χ0) is 10.6. The zero-order valence-corrected chi connectivity index (χ0v) is 8.76. The van der Waals surface area contributed by atoms with E-state index in [1.54, 1.807) is 12.1 Å². The predicted molar refractivity (Wildman–Crippen MR) is 53.5 cm³/mol. The molecule has 0 saturated heterocycles. The fourth-order valence-corrected chi connectivity index (χ4v) is 1.30. The van der Waals surface area contributed by atoms with Crippen molar-refractivity contribution in [2.45, 2.75) is 6.54 Å². The molecule has 0 aromatic heterocycles. The third-order valence-corrected chi connectivity index (χ3v) is 1.96. The highest BCUT2D eigenvalue weighted by Crippen LogP contribution is 2.33. The average Bonchev–Trinajstić information content (AvgIpc) is 2.18. The van der Waals surface area contributed by atoms with Crippen LogP contribution >= 0.6 is 11.6 Å². The van der Waals surface area contributed by atoms with Gasteiger partial charge < -0.3 is 14.7 Å². The molecule has 0 unspecified atom stereocenters. The first kappa shape index (κ1) is 11.1. The van der Waals surface area contributed by atoms with Crippen molar-refractivity contribution in [3.63, 3.8) is 0 Å². The molecule has 14 heavy (non-hydrogen) atoms. The molecule has 5 heteroatoms. The van der Waals surface area contributed by atoms with E-state index in [0.29, 0.717) is 22.9 Å². The van der Waals surface area contributed by atoms with Gasteiger partial charge in [0.05, 0.1) is 14.2 Å². The number of methoxy groups -OCH3 is 1. The second-order valence-electron chi connectivity index (χ2n) is 2.64. The third kappa shape index (κ3) is 2.51. The highest BCUT2D eigenvalue weighted by atomic mass is 35.5. The van der Waals surface area contributed by atoms with Crippen LogP contribution in [0.25, 0.3) is 0 Å². The highest BCUT2D eigenvalue weighted by molar-refractivity contribution is 6.30. The van der Waals surface area contributed by atoms with Gasteiger partial charge in [0.15, 0.2) is 11.5 Å². The van der Waals surface area contributed by atoms with Crippen LogP contribution in [-0.2, 0) is 11.4 Å². The van der Waals surface area contributed by atoms with Crippen LogP contribution in [0.1, 0.15) is 5.56 Å². The van der Waals surface area contributed by atoms with Gasteiger partial charge in [-0.05, 0) is 6.07 Å². The van der Waals surface area contributed by atoms with Gasteiger partial charge in [-0.3, -0.25) is 0 Å². The summed E-state index contributed by atoms with van der Waals surface area (Å²) in [4.78, 5) is 4.67. The van der Waals surface area contributed by atoms with Gasteiger partial charge in [-0.2, -0.15) is 5.48 Å². The molecule has 4 nitrogen and oxygen atoms in total. The van der Waals surface area contributed by atoms with Gasteiger partial charge in [-0.1, -0.05) is 11.6 Å². The maximum Gasteiger partial charge on any atom is 0.162 e. The molecule has 1 aromatic carbocycles. The Hall–Kier alpha value is -0.970. The third-order valence-electron chi connectivity index (χ3n) is 1.75. The van der Waals surface area contributed by atoms with Crippen molar-refractivity contribution < 1.29 is 14.7 Å². The van der Waals surface area contributed by atoms with Crippen molar-refractivity contribution in [1.82, 2.24) is 5.48 Å². The molecular formula is C9H12ClNO3. The Kier molecular flexibility index (Phi) is 4.00. The van der Waals surface area contributed by atoms with Gasteiger partial charge in [0.1, 0.15) is 0 Å². The van der Waals surface area contributed by atoms with E-state index in [-0.39, 0.29) is 5.75 Å². The lowest BCUT2D eigenvalue weighted by atomic mass is 10.2. The quantitative estimate of drug-likeness (QED) is 0.754. The van der Waals surface area contributed by atoms with Gasteiger partial charge in [0.25, 0.3) is 0 Å². The molecule has 0 aliphatic rings. The Bertz CT molecular complexity index is 317. The van der Waals surface area contributed by atoms with Crippen LogP contribution in [0.2, 0.25) is 5.02 Å². The maximum absolute atomic E-state index is 9.66. The van der Waals surface area contributed by atoms with E-state index in [4.69, 9.17) is 16.3 Å². The molecular weight excluding hydrogens is 206 g/mol. The Morgan fingerprint density at radius 3 is 2.71 bits per heavy atom. The number of hydroxylamine groups is 1. The van der Waals surface area contributed by atoms with Gasteiger partial charge >= 0.3 is 0 Å². The Labute approximate surface area is 87.4 Å². The van der Waals surface area contributed by atoms with Crippen LogP contribution in [0, 0.1) is 0 Å². The minimum Gasteiger partial charge on any atom is -0.504 e. The van der Waals surface area contributed by atoms with Crippen LogP contribution in [0.3, 0.4) is 0 Å². The Morgan fingerprint density at radius 2 is 2.14 bits per heavy atom. The van der Waals surface area contributed by atoms with E-state index in [9.17, 15) is 5.11 Å². The monoisotopic (exact) mass is 217 g/mol. The first-order valence-corrected chi connectivity index (χ1v) is 4.38. The summed E-state index contributed by atoms with van der Waals surface area (Å²) in [7, 11) is 2.97. The first-order chi connectivity index (χ1) is 6.69.